The van der Waals surface area contributed by atoms with Gasteiger partial charge in [-0.05, 0) is 43.2 Å². The number of allylic oxidation sites excluding steroid dienone is 2. The van der Waals surface area contributed by atoms with Crippen LogP contribution in [0.1, 0.15) is 50.5 Å². The second-order valence-electron chi connectivity index (χ2n) is 4.98. The van der Waals surface area contributed by atoms with Gasteiger partial charge in [0, 0.05) is 5.57 Å². The van der Waals surface area contributed by atoms with Crippen LogP contribution >= 0.6 is 0 Å². The van der Waals surface area contributed by atoms with Crippen LogP contribution in [0.25, 0.3) is 5.57 Å². The monoisotopic (exact) mass is 238 g/mol. The topological polar surface area (TPSA) is 0 Å². The van der Waals surface area contributed by atoms with Crippen molar-refractivity contribution in [3.05, 3.63) is 59.9 Å². The molecule has 1 saturated carbocycles. The molecule has 94 valence electrons. The Balaban J connectivity index is 2.33. The highest BCUT2D eigenvalue weighted by atomic mass is 14.1. The number of rotatable bonds is 3. The Labute approximate surface area is 111 Å². The number of hydrogen-bond acceptors (Lipinski definition) is 0. The van der Waals surface area contributed by atoms with E-state index in [1.807, 2.05) is 6.08 Å². The van der Waals surface area contributed by atoms with Crippen molar-refractivity contribution in [2.75, 3.05) is 0 Å². The fourth-order valence-corrected chi connectivity index (χ4v) is 2.52. The van der Waals surface area contributed by atoms with E-state index in [1.165, 1.54) is 55.2 Å². The summed E-state index contributed by atoms with van der Waals surface area (Å²) < 4.78 is 0. The summed E-state index contributed by atoms with van der Waals surface area (Å²) in [5.74, 6) is 0. The fourth-order valence-electron chi connectivity index (χ4n) is 2.52. The van der Waals surface area contributed by atoms with Gasteiger partial charge in [-0.15, -0.1) is 12.3 Å². The van der Waals surface area contributed by atoms with Gasteiger partial charge in [-0.3, -0.25) is 0 Å². The van der Waals surface area contributed by atoms with Crippen molar-refractivity contribution in [3.8, 4) is 0 Å². The highest BCUT2D eigenvalue weighted by molar-refractivity contribution is 5.66. The molecule has 0 bridgehead atoms. The quantitative estimate of drug-likeness (QED) is 0.369. The molecule has 0 N–H and O–H groups in total. The first-order valence-corrected chi connectivity index (χ1v) is 7.04. The van der Waals surface area contributed by atoms with Crippen LogP contribution in [0.3, 0.4) is 0 Å². The Hall–Kier alpha value is -1.52. The Bertz CT molecular complexity index is 434. The lowest BCUT2D eigenvalue weighted by Gasteiger charge is -2.04. The van der Waals surface area contributed by atoms with Gasteiger partial charge >= 0.3 is 0 Å². The van der Waals surface area contributed by atoms with E-state index >= 15 is 0 Å². The number of hydrogen-bond donors (Lipinski definition) is 0. The maximum absolute atomic E-state index is 3.87. The third kappa shape index (κ3) is 3.75. The third-order valence-electron chi connectivity index (χ3n) is 3.51. The third-order valence-corrected chi connectivity index (χ3v) is 3.51. The SMILES string of the molecule is C=CCC(=C=C1CCCCCC1)c1ccccc1. The van der Waals surface area contributed by atoms with Crippen LogP contribution < -0.4 is 0 Å². The molecule has 1 aliphatic rings. The fraction of sp³-hybridized carbons (Fsp3) is 0.389. The first-order chi connectivity index (χ1) is 8.90. The molecule has 0 amide bonds. The minimum Gasteiger partial charge on any atom is -0.117 e. The highest BCUT2D eigenvalue weighted by Crippen LogP contribution is 2.24. The molecule has 1 aromatic rings. The van der Waals surface area contributed by atoms with Gasteiger partial charge in [0.15, 0.2) is 0 Å². The summed E-state index contributed by atoms with van der Waals surface area (Å²) in [4.78, 5) is 0. The summed E-state index contributed by atoms with van der Waals surface area (Å²) in [6.07, 6.45) is 10.8. The lowest BCUT2D eigenvalue weighted by atomic mass is 10.0. The standard InChI is InChI=1S/C18H22/c1-2-10-18(17-13-8-5-9-14-17)15-16-11-6-3-4-7-12-16/h2,5,8-9,13-14H,1,3-4,6-7,10-12H2. The van der Waals surface area contributed by atoms with E-state index in [9.17, 15) is 0 Å². The molecule has 0 nitrogen and oxygen atoms in total. The zero-order valence-corrected chi connectivity index (χ0v) is 11.1. The largest absolute Gasteiger partial charge is 0.117 e. The maximum atomic E-state index is 3.87. The summed E-state index contributed by atoms with van der Waals surface area (Å²) in [7, 11) is 0. The molecule has 0 spiro atoms. The normalized spacial score (nSPS) is 15.7. The zero-order chi connectivity index (χ0) is 12.6. The van der Waals surface area contributed by atoms with E-state index < -0.39 is 0 Å². The summed E-state index contributed by atoms with van der Waals surface area (Å²) in [6.45, 7) is 3.87. The molecule has 0 aromatic heterocycles. The van der Waals surface area contributed by atoms with Gasteiger partial charge in [-0.1, -0.05) is 49.2 Å². The van der Waals surface area contributed by atoms with Crippen LogP contribution in [0.2, 0.25) is 0 Å². The minimum atomic E-state index is 0.910. The lowest BCUT2D eigenvalue weighted by Crippen LogP contribution is -1.84. The van der Waals surface area contributed by atoms with Gasteiger partial charge in [0.1, 0.15) is 0 Å². The van der Waals surface area contributed by atoms with Gasteiger partial charge < -0.3 is 0 Å². The van der Waals surface area contributed by atoms with Gasteiger partial charge in [-0.25, -0.2) is 0 Å². The minimum absolute atomic E-state index is 0.910. The summed E-state index contributed by atoms with van der Waals surface area (Å²) >= 11 is 0. The van der Waals surface area contributed by atoms with Crippen LogP contribution in [-0.2, 0) is 0 Å². The number of benzene rings is 1. The van der Waals surface area contributed by atoms with Gasteiger partial charge in [0.25, 0.3) is 0 Å². The van der Waals surface area contributed by atoms with Gasteiger partial charge in [-0.2, -0.15) is 0 Å². The average molecular weight is 238 g/mol. The van der Waals surface area contributed by atoms with E-state index in [1.54, 1.807) is 0 Å². The first-order valence-electron chi connectivity index (χ1n) is 7.04. The van der Waals surface area contributed by atoms with E-state index in [0.29, 0.717) is 0 Å². The van der Waals surface area contributed by atoms with Crippen LogP contribution in [-0.4, -0.2) is 0 Å². The molecular formula is C18H22. The molecule has 0 atom stereocenters. The molecule has 1 fully saturated rings. The van der Waals surface area contributed by atoms with E-state index in [2.05, 4.69) is 42.6 Å². The molecule has 1 aliphatic carbocycles. The Morgan fingerprint density at radius 3 is 2.33 bits per heavy atom. The maximum Gasteiger partial charge on any atom is 0.00491 e. The van der Waals surface area contributed by atoms with Crippen LogP contribution in [0.5, 0.6) is 0 Å². The summed E-state index contributed by atoms with van der Waals surface area (Å²) in [6, 6.07) is 10.6. The molecule has 1 aromatic carbocycles. The molecule has 18 heavy (non-hydrogen) atoms. The molecule has 0 heterocycles. The average Bonchev–Trinajstić information content (AvgIpc) is 2.68. The van der Waals surface area contributed by atoms with Crippen molar-refractivity contribution < 1.29 is 0 Å². The Kier molecular flexibility index (Phi) is 5.05. The van der Waals surface area contributed by atoms with E-state index in [-0.39, 0.29) is 0 Å². The van der Waals surface area contributed by atoms with Crippen molar-refractivity contribution in [2.45, 2.75) is 44.9 Å². The summed E-state index contributed by atoms with van der Waals surface area (Å²) in [5.41, 5.74) is 7.76. The molecule has 0 aliphatic heterocycles. The van der Waals surface area contributed by atoms with Gasteiger partial charge in [0.2, 0.25) is 0 Å². The van der Waals surface area contributed by atoms with E-state index in [4.69, 9.17) is 0 Å². The molecular weight excluding hydrogens is 216 g/mol. The van der Waals surface area contributed by atoms with Gasteiger partial charge in [0.05, 0.1) is 0 Å². The molecule has 0 heteroatoms. The Morgan fingerprint density at radius 1 is 1.06 bits per heavy atom. The smallest absolute Gasteiger partial charge is 0.00491 e. The van der Waals surface area contributed by atoms with Crippen molar-refractivity contribution in [3.63, 3.8) is 0 Å². The lowest BCUT2D eigenvalue weighted by molar-refractivity contribution is 0.702. The zero-order valence-electron chi connectivity index (χ0n) is 11.1. The predicted molar refractivity (Wildman–Crippen MR) is 79.4 cm³/mol. The van der Waals surface area contributed by atoms with Crippen molar-refractivity contribution in [2.24, 2.45) is 0 Å². The van der Waals surface area contributed by atoms with E-state index in [0.717, 1.165) is 6.42 Å². The van der Waals surface area contributed by atoms with Crippen molar-refractivity contribution in [1.29, 1.82) is 0 Å². The van der Waals surface area contributed by atoms with Crippen LogP contribution in [0, 0.1) is 0 Å². The Morgan fingerprint density at radius 2 is 1.72 bits per heavy atom. The molecule has 0 radical (unpaired) electrons. The second kappa shape index (κ2) is 7.03. The van der Waals surface area contributed by atoms with Crippen molar-refractivity contribution in [1.82, 2.24) is 0 Å². The van der Waals surface area contributed by atoms with Crippen LogP contribution in [0.4, 0.5) is 0 Å². The summed E-state index contributed by atoms with van der Waals surface area (Å²) in [5, 5.41) is 0. The molecule has 0 unspecified atom stereocenters. The highest BCUT2D eigenvalue weighted by Gasteiger charge is 2.05. The van der Waals surface area contributed by atoms with Crippen LogP contribution in [0.15, 0.2) is 54.3 Å². The first kappa shape index (κ1) is 12.9. The predicted octanol–water partition coefficient (Wildman–Crippen LogP) is 5.53. The second-order valence-corrected chi connectivity index (χ2v) is 4.98. The molecule has 0 saturated heterocycles. The molecule has 2 rings (SSSR count). The van der Waals surface area contributed by atoms with Crippen molar-refractivity contribution >= 4 is 5.57 Å².